The third-order valence-electron chi connectivity index (χ3n) is 2.00. The van der Waals surface area contributed by atoms with E-state index in [0.717, 1.165) is 6.07 Å². The average molecular weight is 362 g/mol. The molecule has 0 saturated carbocycles. The van der Waals surface area contributed by atoms with Crippen LogP contribution in [0.3, 0.4) is 0 Å². The Kier molecular flexibility index (Phi) is 5.48. The molecule has 0 aliphatic rings. The minimum atomic E-state index is -4.33. The van der Waals surface area contributed by atoms with Gasteiger partial charge in [0.2, 0.25) is 0 Å². The summed E-state index contributed by atoms with van der Waals surface area (Å²) in [6.45, 7) is -0.0973. The molecule has 106 valence electrons. The molecular formula is C10H8BrF4NO2S. The molecule has 19 heavy (non-hydrogen) atoms. The van der Waals surface area contributed by atoms with Gasteiger partial charge in [-0.2, -0.15) is 13.2 Å². The van der Waals surface area contributed by atoms with Crippen molar-refractivity contribution in [1.82, 2.24) is 0 Å². The van der Waals surface area contributed by atoms with Crippen molar-refractivity contribution in [3.63, 3.8) is 0 Å². The molecule has 0 heterocycles. The molecule has 0 aliphatic carbocycles. The van der Waals surface area contributed by atoms with Gasteiger partial charge >= 0.3 is 11.5 Å². The summed E-state index contributed by atoms with van der Waals surface area (Å²) >= 11 is 2.57. The molecule has 3 nitrogen and oxygen atoms in total. The van der Waals surface area contributed by atoms with Crippen LogP contribution in [0.2, 0.25) is 0 Å². The second-order valence-electron chi connectivity index (χ2n) is 3.31. The number of hydrogen-bond donors (Lipinski definition) is 2. The van der Waals surface area contributed by atoms with Gasteiger partial charge in [0.05, 0.1) is 15.7 Å². The van der Waals surface area contributed by atoms with Crippen LogP contribution in [0.15, 0.2) is 16.6 Å². The van der Waals surface area contributed by atoms with Crippen LogP contribution >= 0.6 is 27.7 Å². The van der Waals surface area contributed by atoms with Crippen molar-refractivity contribution in [2.45, 2.75) is 5.51 Å². The molecule has 1 rings (SSSR count). The zero-order valence-corrected chi connectivity index (χ0v) is 11.6. The Morgan fingerprint density at radius 2 is 2.05 bits per heavy atom. The molecule has 1 aromatic rings. The highest BCUT2D eigenvalue weighted by Crippen LogP contribution is 2.30. The number of carbonyl (C=O) groups is 1. The van der Waals surface area contributed by atoms with Crippen molar-refractivity contribution in [3.8, 4) is 0 Å². The lowest BCUT2D eigenvalue weighted by Gasteiger charge is -2.10. The van der Waals surface area contributed by atoms with Crippen LogP contribution in [0.4, 0.5) is 23.2 Å². The number of benzene rings is 1. The number of carboxylic acid groups (broad SMARTS) is 1. The lowest BCUT2D eigenvalue weighted by molar-refractivity contribution is -0.0327. The maximum atomic E-state index is 13.7. The number of thioether (sulfide) groups is 1. The van der Waals surface area contributed by atoms with E-state index in [1.807, 2.05) is 0 Å². The minimum absolute atomic E-state index is 0.0559. The zero-order chi connectivity index (χ0) is 14.6. The van der Waals surface area contributed by atoms with Gasteiger partial charge in [0, 0.05) is 12.3 Å². The summed E-state index contributed by atoms with van der Waals surface area (Å²) < 4.78 is 49.0. The molecule has 2 N–H and O–H groups in total. The largest absolute Gasteiger partial charge is 0.478 e. The Morgan fingerprint density at radius 1 is 1.42 bits per heavy atom. The fraction of sp³-hybridized carbons (Fsp3) is 0.300. The zero-order valence-electron chi connectivity index (χ0n) is 9.22. The van der Waals surface area contributed by atoms with Crippen LogP contribution in [-0.2, 0) is 0 Å². The van der Waals surface area contributed by atoms with Crippen LogP contribution in [-0.4, -0.2) is 28.9 Å². The molecule has 0 aromatic heterocycles. The Hall–Kier alpha value is -0.960. The lowest BCUT2D eigenvalue weighted by atomic mass is 10.2. The van der Waals surface area contributed by atoms with Crippen molar-refractivity contribution >= 4 is 39.3 Å². The van der Waals surface area contributed by atoms with E-state index in [-0.39, 0.29) is 39.8 Å². The second-order valence-corrected chi connectivity index (χ2v) is 5.27. The summed E-state index contributed by atoms with van der Waals surface area (Å²) in [4.78, 5) is 10.7. The summed E-state index contributed by atoms with van der Waals surface area (Å²) in [5.74, 6) is -2.43. The predicted octanol–water partition coefficient (Wildman–Crippen LogP) is 3.95. The predicted molar refractivity (Wildman–Crippen MR) is 68.1 cm³/mol. The van der Waals surface area contributed by atoms with Crippen LogP contribution in [0.5, 0.6) is 0 Å². The summed E-state index contributed by atoms with van der Waals surface area (Å²) in [6.07, 6.45) is 0. The SMILES string of the molecule is O=C(O)c1ccc(NCCSC(F)(F)F)c(F)c1Br. The molecule has 0 spiro atoms. The van der Waals surface area contributed by atoms with Crippen molar-refractivity contribution < 1.29 is 27.5 Å². The Labute approximate surface area is 118 Å². The molecule has 9 heteroatoms. The standard InChI is InChI=1S/C10H8BrF4NO2S/c11-7-5(9(17)18)1-2-6(8(7)12)16-3-4-19-10(13,14)15/h1-2,16H,3-4H2,(H,17,18). The first kappa shape index (κ1) is 16.1. The number of nitrogens with one attached hydrogen (secondary N) is 1. The molecular weight excluding hydrogens is 354 g/mol. The molecule has 0 atom stereocenters. The van der Waals surface area contributed by atoms with E-state index in [9.17, 15) is 22.4 Å². The highest BCUT2D eigenvalue weighted by molar-refractivity contribution is 9.10. The van der Waals surface area contributed by atoms with Gasteiger partial charge in [0.25, 0.3) is 0 Å². The normalized spacial score (nSPS) is 11.4. The van der Waals surface area contributed by atoms with E-state index >= 15 is 0 Å². The maximum Gasteiger partial charge on any atom is 0.441 e. The van der Waals surface area contributed by atoms with Crippen LogP contribution in [0.1, 0.15) is 10.4 Å². The van der Waals surface area contributed by atoms with E-state index in [0.29, 0.717) is 0 Å². The monoisotopic (exact) mass is 361 g/mol. The Morgan fingerprint density at radius 3 is 2.58 bits per heavy atom. The van der Waals surface area contributed by atoms with Crippen molar-refractivity contribution in [2.75, 3.05) is 17.6 Å². The summed E-state index contributed by atoms with van der Waals surface area (Å²) in [7, 11) is 0. The molecule has 0 fully saturated rings. The molecule has 0 bridgehead atoms. The number of carboxylic acids is 1. The number of halogens is 5. The smallest absolute Gasteiger partial charge is 0.441 e. The number of aromatic carboxylic acids is 1. The number of alkyl halides is 3. The topological polar surface area (TPSA) is 49.3 Å². The van der Waals surface area contributed by atoms with Gasteiger partial charge in [0.15, 0.2) is 5.82 Å². The summed E-state index contributed by atoms with van der Waals surface area (Å²) in [5, 5.41) is 11.2. The van der Waals surface area contributed by atoms with Crippen molar-refractivity contribution in [1.29, 1.82) is 0 Å². The quantitative estimate of drug-likeness (QED) is 0.615. The lowest BCUT2D eigenvalue weighted by Crippen LogP contribution is -2.11. The first-order chi connectivity index (χ1) is 8.72. The van der Waals surface area contributed by atoms with Gasteiger partial charge in [-0.05, 0) is 39.8 Å². The van der Waals surface area contributed by atoms with Crippen molar-refractivity contribution in [3.05, 3.63) is 28.0 Å². The fourth-order valence-corrected chi connectivity index (χ4v) is 2.15. The van der Waals surface area contributed by atoms with Crippen LogP contribution in [0.25, 0.3) is 0 Å². The van der Waals surface area contributed by atoms with E-state index in [4.69, 9.17) is 5.11 Å². The van der Waals surface area contributed by atoms with Gasteiger partial charge in [-0.1, -0.05) is 0 Å². The van der Waals surface area contributed by atoms with Crippen LogP contribution in [0, 0.1) is 5.82 Å². The van der Waals surface area contributed by atoms with Gasteiger partial charge in [-0.3, -0.25) is 0 Å². The van der Waals surface area contributed by atoms with E-state index in [1.54, 1.807) is 0 Å². The third-order valence-corrected chi connectivity index (χ3v) is 3.51. The fourth-order valence-electron chi connectivity index (χ4n) is 1.20. The maximum absolute atomic E-state index is 13.7. The molecule has 0 saturated heterocycles. The Balaban J connectivity index is 2.66. The summed E-state index contributed by atoms with van der Waals surface area (Å²) in [5.41, 5.74) is -4.64. The first-order valence-corrected chi connectivity index (χ1v) is 6.66. The molecule has 0 aliphatic heterocycles. The molecule has 0 amide bonds. The summed E-state index contributed by atoms with van der Waals surface area (Å²) in [6, 6.07) is 2.33. The average Bonchev–Trinajstić information content (AvgIpc) is 2.28. The van der Waals surface area contributed by atoms with E-state index in [1.165, 1.54) is 6.07 Å². The number of rotatable bonds is 5. The number of hydrogen-bond acceptors (Lipinski definition) is 3. The van der Waals surface area contributed by atoms with Gasteiger partial charge in [-0.15, -0.1) is 0 Å². The van der Waals surface area contributed by atoms with Gasteiger partial charge < -0.3 is 10.4 Å². The highest BCUT2D eigenvalue weighted by Gasteiger charge is 2.27. The van der Waals surface area contributed by atoms with Crippen molar-refractivity contribution in [2.24, 2.45) is 0 Å². The highest BCUT2D eigenvalue weighted by atomic mass is 79.9. The third kappa shape index (κ3) is 4.90. The minimum Gasteiger partial charge on any atom is -0.478 e. The molecule has 0 radical (unpaired) electrons. The van der Waals surface area contributed by atoms with Gasteiger partial charge in [0.1, 0.15) is 0 Å². The first-order valence-electron chi connectivity index (χ1n) is 4.88. The van der Waals surface area contributed by atoms with E-state index < -0.39 is 17.3 Å². The molecule has 1 aromatic carbocycles. The van der Waals surface area contributed by atoms with Gasteiger partial charge in [-0.25, -0.2) is 9.18 Å². The van der Waals surface area contributed by atoms with E-state index in [2.05, 4.69) is 21.2 Å². The Bertz CT molecular complexity index is 481. The van der Waals surface area contributed by atoms with Crippen LogP contribution < -0.4 is 5.32 Å². The second kappa shape index (κ2) is 6.47. The number of anilines is 1. The molecule has 0 unspecified atom stereocenters.